The van der Waals surface area contributed by atoms with Crippen LogP contribution in [0, 0.1) is 0 Å². The van der Waals surface area contributed by atoms with Gasteiger partial charge in [0.1, 0.15) is 6.61 Å². The lowest BCUT2D eigenvalue weighted by Gasteiger charge is -2.02. The monoisotopic (exact) mass is 260 g/mol. The molecule has 0 aliphatic heterocycles. The molecule has 19 heavy (non-hydrogen) atoms. The number of amides is 1. The predicted molar refractivity (Wildman–Crippen MR) is 70.3 cm³/mol. The van der Waals surface area contributed by atoms with Crippen molar-refractivity contribution in [2.45, 2.75) is 13.5 Å². The zero-order valence-corrected chi connectivity index (χ0v) is 10.8. The summed E-state index contributed by atoms with van der Waals surface area (Å²) in [5.74, 6) is 0.986. The number of oxazole rings is 1. The number of carbonyl (C=O) groups is 1. The van der Waals surface area contributed by atoms with E-state index in [1.807, 2.05) is 37.3 Å². The van der Waals surface area contributed by atoms with E-state index in [1.54, 1.807) is 6.20 Å². The van der Waals surface area contributed by atoms with Crippen LogP contribution < -0.4 is 5.32 Å². The molecular weight excluding hydrogens is 244 g/mol. The molecule has 0 unspecified atom stereocenters. The molecule has 5 nitrogen and oxygen atoms in total. The summed E-state index contributed by atoms with van der Waals surface area (Å²) >= 11 is 0. The normalized spacial score (nSPS) is 10.4. The Morgan fingerprint density at radius 2 is 2.16 bits per heavy atom. The lowest BCUT2D eigenvalue weighted by molar-refractivity contribution is -0.125. The van der Waals surface area contributed by atoms with Crippen LogP contribution in [0.15, 0.2) is 40.9 Å². The van der Waals surface area contributed by atoms with Gasteiger partial charge in [-0.2, -0.15) is 0 Å². The number of nitrogens with one attached hydrogen (secondary N) is 1. The largest absolute Gasteiger partial charge is 0.439 e. The first-order chi connectivity index (χ1) is 9.29. The van der Waals surface area contributed by atoms with E-state index in [9.17, 15) is 4.79 Å². The van der Waals surface area contributed by atoms with E-state index < -0.39 is 0 Å². The zero-order chi connectivity index (χ0) is 13.5. The van der Waals surface area contributed by atoms with Crippen molar-refractivity contribution in [3.63, 3.8) is 0 Å². The van der Waals surface area contributed by atoms with Gasteiger partial charge >= 0.3 is 0 Å². The van der Waals surface area contributed by atoms with Gasteiger partial charge in [-0.1, -0.05) is 30.3 Å². The Labute approximate surface area is 111 Å². The third-order valence-electron chi connectivity index (χ3n) is 2.49. The highest BCUT2D eigenvalue weighted by atomic mass is 16.5. The smallest absolute Gasteiger partial charge is 0.246 e. The van der Waals surface area contributed by atoms with Crippen LogP contribution in [-0.4, -0.2) is 24.1 Å². The highest BCUT2D eigenvalue weighted by molar-refractivity contribution is 5.77. The van der Waals surface area contributed by atoms with Crippen LogP contribution >= 0.6 is 0 Å². The van der Waals surface area contributed by atoms with Crippen LogP contribution in [0.25, 0.3) is 11.3 Å². The molecule has 1 N–H and O–H groups in total. The Morgan fingerprint density at radius 3 is 2.89 bits per heavy atom. The SMILES string of the molecule is CCOCC(=O)NCc1ncc(-c2ccccc2)o1. The van der Waals surface area contributed by atoms with Gasteiger partial charge in [0.2, 0.25) is 11.8 Å². The summed E-state index contributed by atoms with van der Waals surface area (Å²) in [5, 5.41) is 2.68. The second-order valence-electron chi connectivity index (χ2n) is 3.90. The molecule has 0 bridgehead atoms. The minimum atomic E-state index is -0.179. The molecule has 2 aromatic rings. The van der Waals surface area contributed by atoms with Crippen molar-refractivity contribution < 1.29 is 13.9 Å². The second-order valence-corrected chi connectivity index (χ2v) is 3.90. The van der Waals surface area contributed by atoms with Gasteiger partial charge in [0.25, 0.3) is 0 Å². The molecular formula is C14H16N2O3. The molecule has 1 heterocycles. The van der Waals surface area contributed by atoms with Crippen molar-refractivity contribution in [3.05, 3.63) is 42.4 Å². The fourth-order valence-corrected chi connectivity index (χ4v) is 1.55. The summed E-state index contributed by atoms with van der Waals surface area (Å²) in [4.78, 5) is 15.5. The van der Waals surface area contributed by atoms with Crippen LogP contribution in [0.2, 0.25) is 0 Å². The van der Waals surface area contributed by atoms with Gasteiger partial charge in [-0.05, 0) is 6.92 Å². The van der Waals surface area contributed by atoms with E-state index >= 15 is 0 Å². The predicted octanol–water partition coefficient (Wildman–Crippen LogP) is 1.99. The third kappa shape index (κ3) is 3.93. The van der Waals surface area contributed by atoms with Crippen molar-refractivity contribution in [1.29, 1.82) is 0 Å². The van der Waals surface area contributed by atoms with Crippen molar-refractivity contribution in [1.82, 2.24) is 10.3 Å². The zero-order valence-electron chi connectivity index (χ0n) is 10.8. The summed E-state index contributed by atoms with van der Waals surface area (Å²) in [6.07, 6.45) is 1.65. The Hall–Kier alpha value is -2.14. The molecule has 1 amide bonds. The van der Waals surface area contributed by atoms with Crippen molar-refractivity contribution >= 4 is 5.91 Å². The fourth-order valence-electron chi connectivity index (χ4n) is 1.55. The molecule has 100 valence electrons. The highest BCUT2D eigenvalue weighted by Crippen LogP contribution is 2.19. The van der Waals surface area contributed by atoms with E-state index in [4.69, 9.17) is 9.15 Å². The number of benzene rings is 1. The molecule has 0 spiro atoms. The molecule has 0 saturated carbocycles. The molecule has 2 rings (SSSR count). The average Bonchev–Trinajstić information content (AvgIpc) is 2.93. The minimum Gasteiger partial charge on any atom is -0.439 e. The van der Waals surface area contributed by atoms with Gasteiger partial charge in [0, 0.05) is 12.2 Å². The van der Waals surface area contributed by atoms with Gasteiger partial charge in [-0.3, -0.25) is 4.79 Å². The summed E-state index contributed by atoms with van der Waals surface area (Å²) in [6.45, 7) is 2.68. The van der Waals surface area contributed by atoms with Crippen molar-refractivity contribution in [2.24, 2.45) is 0 Å². The Balaban J connectivity index is 1.90. The minimum absolute atomic E-state index is 0.0583. The number of carbonyl (C=O) groups excluding carboxylic acids is 1. The molecule has 0 atom stereocenters. The van der Waals surface area contributed by atoms with Crippen molar-refractivity contribution in [2.75, 3.05) is 13.2 Å². The number of hydrogen-bond donors (Lipinski definition) is 1. The van der Waals surface area contributed by atoms with E-state index in [1.165, 1.54) is 0 Å². The average molecular weight is 260 g/mol. The number of hydrogen-bond acceptors (Lipinski definition) is 4. The van der Waals surface area contributed by atoms with Gasteiger partial charge < -0.3 is 14.5 Å². The first kappa shape index (κ1) is 13.3. The van der Waals surface area contributed by atoms with E-state index in [0.29, 0.717) is 18.3 Å². The van der Waals surface area contributed by atoms with E-state index in [2.05, 4.69) is 10.3 Å². The van der Waals surface area contributed by atoms with Gasteiger partial charge in [0.15, 0.2) is 5.76 Å². The molecule has 0 aliphatic carbocycles. The molecule has 5 heteroatoms. The third-order valence-corrected chi connectivity index (χ3v) is 2.49. The maximum atomic E-state index is 11.3. The molecule has 1 aromatic carbocycles. The molecule has 0 radical (unpaired) electrons. The van der Waals surface area contributed by atoms with Crippen LogP contribution in [0.4, 0.5) is 0 Å². The summed E-state index contributed by atoms with van der Waals surface area (Å²) in [5.41, 5.74) is 0.960. The Bertz CT molecular complexity index is 522. The standard InChI is InChI=1S/C14H16N2O3/c1-2-18-10-13(17)15-9-14-16-8-12(19-14)11-6-4-3-5-7-11/h3-8H,2,9-10H2,1H3,(H,15,17). The van der Waals surface area contributed by atoms with E-state index in [0.717, 1.165) is 5.56 Å². The number of nitrogens with zero attached hydrogens (tertiary/aromatic N) is 1. The van der Waals surface area contributed by atoms with E-state index in [-0.39, 0.29) is 19.1 Å². The first-order valence-corrected chi connectivity index (χ1v) is 6.14. The van der Waals surface area contributed by atoms with Crippen LogP contribution in [0.5, 0.6) is 0 Å². The number of aromatic nitrogens is 1. The summed E-state index contributed by atoms with van der Waals surface area (Å²) in [6, 6.07) is 9.69. The Kier molecular flexibility index (Phi) is 4.69. The van der Waals surface area contributed by atoms with Crippen LogP contribution in [0.3, 0.4) is 0 Å². The maximum absolute atomic E-state index is 11.3. The highest BCUT2D eigenvalue weighted by Gasteiger charge is 2.07. The number of ether oxygens (including phenoxy) is 1. The molecule has 0 fully saturated rings. The molecule has 0 aliphatic rings. The van der Waals surface area contributed by atoms with Gasteiger partial charge in [0.05, 0.1) is 12.7 Å². The molecule has 0 saturated heterocycles. The van der Waals surface area contributed by atoms with Gasteiger partial charge in [-0.15, -0.1) is 0 Å². The topological polar surface area (TPSA) is 64.4 Å². The van der Waals surface area contributed by atoms with Crippen molar-refractivity contribution in [3.8, 4) is 11.3 Å². The Morgan fingerprint density at radius 1 is 1.37 bits per heavy atom. The van der Waals surface area contributed by atoms with Gasteiger partial charge in [-0.25, -0.2) is 4.98 Å². The lowest BCUT2D eigenvalue weighted by Crippen LogP contribution is -2.27. The maximum Gasteiger partial charge on any atom is 0.246 e. The van der Waals surface area contributed by atoms with Crippen LogP contribution in [-0.2, 0) is 16.1 Å². The van der Waals surface area contributed by atoms with Crippen LogP contribution in [0.1, 0.15) is 12.8 Å². The summed E-state index contributed by atoms with van der Waals surface area (Å²) in [7, 11) is 0. The summed E-state index contributed by atoms with van der Waals surface area (Å²) < 4.78 is 10.6. The fraction of sp³-hybridized carbons (Fsp3) is 0.286. The first-order valence-electron chi connectivity index (χ1n) is 6.14. The lowest BCUT2D eigenvalue weighted by atomic mass is 10.2. The molecule has 1 aromatic heterocycles. The second kappa shape index (κ2) is 6.70. The number of rotatable bonds is 6. The quantitative estimate of drug-likeness (QED) is 0.862.